The van der Waals surface area contributed by atoms with Gasteiger partial charge >= 0.3 is 0 Å². The van der Waals surface area contributed by atoms with E-state index in [1.807, 2.05) is 31.2 Å². The third-order valence-electron chi connectivity index (χ3n) is 3.52. The zero-order chi connectivity index (χ0) is 15.5. The second kappa shape index (κ2) is 6.28. The summed E-state index contributed by atoms with van der Waals surface area (Å²) in [5.41, 5.74) is 1.42. The van der Waals surface area contributed by atoms with E-state index in [-0.39, 0.29) is 11.9 Å². The number of ether oxygens (including phenoxy) is 2. The Hall–Kier alpha value is -2.20. The summed E-state index contributed by atoms with van der Waals surface area (Å²) in [4.78, 5) is 12.4. The Bertz CT molecular complexity index is 702. The van der Waals surface area contributed by atoms with E-state index in [0.717, 1.165) is 5.56 Å². The molecule has 0 radical (unpaired) electrons. The number of nitrogens with one attached hydrogen (secondary N) is 1. The maximum absolute atomic E-state index is 12.4. The van der Waals surface area contributed by atoms with Gasteiger partial charge in [-0.2, -0.15) is 0 Å². The molecule has 1 unspecified atom stereocenters. The lowest BCUT2D eigenvalue weighted by Gasteiger charge is -2.19. The van der Waals surface area contributed by atoms with E-state index in [0.29, 0.717) is 35.3 Å². The Balaban J connectivity index is 1.76. The number of carbonyl (C=O) groups excluding carboxylic acids is 1. The van der Waals surface area contributed by atoms with Gasteiger partial charge in [-0.1, -0.05) is 29.8 Å². The van der Waals surface area contributed by atoms with E-state index >= 15 is 0 Å². The van der Waals surface area contributed by atoms with Crippen molar-refractivity contribution in [2.45, 2.75) is 13.0 Å². The van der Waals surface area contributed by atoms with Gasteiger partial charge in [0.15, 0.2) is 11.5 Å². The fraction of sp³-hybridized carbons (Fsp3) is 0.235. The van der Waals surface area contributed by atoms with Gasteiger partial charge in [0.05, 0.1) is 6.04 Å². The van der Waals surface area contributed by atoms with Gasteiger partial charge in [0, 0.05) is 10.6 Å². The van der Waals surface area contributed by atoms with Crippen molar-refractivity contribution in [3.8, 4) is 11.5 Å². The van der Waals surface area contributed by atoms with Crippen LogP contribution in [0.1, 0.15) is 28.9 Å². The van der Waals surface area contributed by atoms with Crippen molar-refractivity contribution in [3.05, 3.63) is 58.6 Å². The Kier molecular flexibility index (Phi) is 4.20. The lowest BCUT2D eigenvalue weighted by atomic mass is 10.1. The highest BCUT2D eigenvalue weighted by atomic mass is 35.5. The van der Waals surface area contributed by atoms with E-state index in [2.05, 4.69) is 5.32 Å². The summed E-state index contributed by atoms with van der Waals surface area (Å²) in [5, 5.41) is 3.58. The normalized spacial score (nSPS) is 14.3. The van der Waals surface area contributed by atoms with Crippen LogP contribution in [0, 0.1) is 0 Å². The van der Waals surface area contributed by atoms with Crippen molar-refractivity contribution in [1.29, 1.82) is 0 Å². The van der Waals surface area contributed by atoms with Crippen LogP contribution in [-0.2, 0) is 0 Å². The highest BCUT2D eigenvalue weighted by Gasteiger charge is 2.17. The van der Waals surface area contributed by atoms with Crippen molar-refractivity contribution >= 4 is 17.5 Å². The minimum atomic E-state index is -0.186. The van der Waals surface area contributed by atoms with Crippen LogP contribution < -0.4 is 14.8 Å². The monoisotopic (exact) mass is 317 g/mol. The molecule has 0 aliphatic carbocycles. The minimum absolute atomic E-state index is 0.176. The topological polar surface area (TPSA) is 47.6 Å². The predicted octanol–water partition coefficient (Wildman–Crippen LogP) is 3.60. The molecule has 1 heterocycles. The Labute approximate surface area is 134 Å². The average Bonchev–Trinajstić information content (AvgIpc) is 2.54. The summed E-state index contributed by atoms with van der Waals surface area (Å²) < 4.78 is 10.9. The SMILES string of the molecule is CC(NC(=O)c1ccc2c(c1)OCCO2)c1ccccc1Cl. The van der Waals surface area contributed by atoms with Crippen molar-refractivity contribution in [3.63, 3.8) is 0 Å². The molecule has 0 fully saturated rings. The lowest BCUT2D eigenvalue weighted by molar-refractivity contribution is 0.0938. The van der Waals surface area contributed by atoms with Crippen LogP contribution in [0.3, 0.4) is 0 Å². The summed E-state index contributed by atoms with van der Waals surface area (Å²) in [7, 11) is 0. The second-order valence-electron chi connectivity index (χ2n) is 5.08. The number of hydrogen-bond donors (Lipinski definition) is 1. The van der Waals surface area contributed by atoms with Crippen LogP contribution >= 0.6 is 11.6 Å². The van der Waals surface area contributed by atoms with E-state index < -0.39 is 0 Å². The molecule has 5 heteroatoms. The maximum atomic E-state index is 12.4. The molecule has 1 aliphatic rings. The van der Waals surface area contributed by atoms with Crippen LogP contribution in [0.5, 0.6) is 11.5 Å². The van der Waals surface area contributed by atoms with Gasteiger partial charge in [-0.15, -0.1) is 0 Å². The smallest absolute Gasteiger partial charge is 0.251 e. The molecule has 1 aliphatic heterocycles. The zero-order valence-electron chi connectivity index (χ0n) is 12.1. The standard InChI is InChI=1S/C17H16ClNO3/c1-11(13-4-2-3-5-14(13)18)19-17(20)12-6-7-15-16(10-12)22-9-8-21-15/h2-7,10-11H,8-9H2,1H3,(H,19,20). The van der Waals surface area contributed by atoms with Crippen LogP contribution in [0.15, 0.2) is 42.5 Å². The average molecular weight is 318 g/mol. The Morgan fingerprint density at radius 1 is 1.14 bits per heavy atom. The highest BCUT2D eigenvalue weighted by Crippen LogP contribution is 2.31. The summed E-state index contributed by atoms with van der Waals surface area (Å²) in [6, 6.07) is 12.5. The quantitative estimate of drug-likeness (QED) is 0.941. The van der Waals surface area contributed by atoms with Crippen LogP contribution in [-0.4, -0.2) is 19.1 Å². The molecule has 2 aromatic rings. The maximum Gasteiger partial charge on any atom is 0.251 e. The fourth-order valence-electron chi connectivity index (χ4n) is 2.37. The third-order valence-corrected chi connectivity index (χ3v) is 3.87. The van der Waals surface area contributed by atoms with E-state index in [9.17, 15) is 4.79 Å². The molecule has 3 rings (SSSR count). The van der Waals surface area contributed by atoms with E-state index in [4.69, 9.17) is 21.1 Å². The van der Waals surface area contributed by atoms with Crippen LogP contribution in [0.25, 0.3) is 0 Å². The molecule has 0 aromatic heterocycles. The molecule has 1 amide bonds. The summed E-state index contributed by atoms with van der Waals surface area (Å²) in [6.45, 7) is 2.92. The van der Waals surface area contributed by atoms with Gasteiger partial charge in [0.1, 0.15) is 13.2 Å². The summed E-state index contributed by atoms with van der Waals surface area (Å²) in [6.07, 6.45) is 0. The first-order valence-corrected chi connectivity index (χ1v) is 7.48. The fourth-order valence-corrected chi connectivity index (χ4v) is 2.67. The largest absolute Gasteiger partial charge is 0.486 e. The number of benzene rings is 2. The number of amides is 1. The molecule has 0 saturated heterocycles. The van der Waals surface area contributed by atoms with Gasteiger partial charge in [0.2, 0.25) is 0 Å². The van der Waals surface area contributed by atoms with Crippen molar-refractivity contribution in [2.75, 3.05) is 13.2 Å². The summed E-state index contributed by atoms with van der Waals surface area (Å²) in [5.74, 6) is 1.09. The molecule has 0 spiro atoms. The van der Waals surface area contributed by atoms with Crippen molar-refractivity contribution < 1.29 is 14.3 Å². The molecule has 0 bridgehead atoms. The van der Waals surface area contributed by atoms with Gasteiger partial charge in [-0.3, -0.25) is 4.79 Å². The molecule has 0 saturated carbocycles. The predicted molar refractivity (Wildman–Crippen MR) is 84.8 cm³/mol. The van der Waals surface area contributed by atoms with Gasteiger partial charge in [-0.25, -0.2) is 0 Å². The second-order valence-corrected chi connectivity index (χ2v) is 5.48. The number of rotatable bonds is 3. The van der Waals surface area contributed by atoms with Crippen LogP contribution in [0.2, 0.25) is 5.02 Å². The van der Waals surface area contributed by atoms with Crippen LogP contribution in [0.4, 0.5) is 0 Å². The number of halogens is 1. The van der Waals surface area contributed by atoms with E-state index in [1.165, 1.54) is 0 Å². The molecule has 1 atom stereocenters. The van der Waals surface area contributed by atoms with E-state index in [1.54, 1.807) is 18.2 Å². The molecule has 114 valence electrons. The molecule has 22 heavy (non-hydrogen) atoms. The minimum Gasteiger partial charge on any atom is -0.486 e. The zero-order valence-corrected chi connectivity index (χ0v) is 12.9. The van der Waals surface area contributed by atoms with Crippen molar-refractivity contribution in [1.82, 2.24) is 5.32 Å². The first-order chi connectivity index (χ1) is 10.6. The first kappa shape index (κ1) is 14.7. The molecule has 4 nitrogen and oxygen atoms in total. The first-order valence-electron chi connectivity index (χ1n) is 7.10. The number of carbonyl (C=O) groups is 1. The van der Waals surface area contributed by atoms with Crippen molar-refractivity contribution in [2.24, 2.45) is 0 Å². The molecular formula is C17H16ClNO3. The molecular weight excluding hydrogens is 302 g/mol. The Morgan fingerprint density at radius 3 is 2.64 bits per heavy atom. The third kappa shape index (κ3) is 3.02. The number of hydrogen-bond acceptors (Lipinski definition) is 3. The molecule has 1 N–H and O–H groups in total. The highest BCUT2D eigenvalue weighted by molar-refractivity contribution is 6.31. The lowest BCUT2D eigenvalue weighted by Crippen LogP contribution is -2.27. The summed E-state index contributed by atoms with van der Waals surface area (Å²) >= 11 is 6.16. The Morgan fingerprint density at radius 2 is 1.86 bits per heavy atom. The van der Waals surface area contributed by atoms with Gasteiger partial charge in [0.25, 0.3) is 5.91 Å². The van der Waals surface area contributed by atoms with Gasteiger partial charge in [-0.05, 0) is 36.8 Å². The van der Waals surface area contributed by atoms with Gasteiger partial charge < -0.3 is 14.8 Å². The number of fused-ring (bicyclic) bond motifs is 1. The molecule has 2 aromatic carbocycles.